The minimum atomic E-state index is -0.391. The van der Waals surface area contributed by atoms with Crippen LogP contribution in [0.5, 0.6) is 0 Å². The zero-order valence-electron chi connectivity index (χ0n) is 7.73. The van der Waals surface area contributed by atoms with E-state index in [4.69, 9.17) is 0 Å². The van der Waals surface area contributed by atoms with Crippen molar-refractivity contribution in [1.82, 2.24) is 4.98 Å². The second-order valence-electron chi connectivity index (χ2n) is 3.27. The summed E-state index contributed by atoms with van der Waals surface area (Å²) in [6.45, 7) is 2.00. The Morgan fingerprint density at radius 3 is 2.54 bits per heavy atom. The average molecular weight is 201 g/mol. The van der Waals surface area contributed by atoms with Crippen molar-refractivity contribution in [1.29, 1.82) is 0 Å². The first-order chi connectivity index (χ1) is 6.26. The first-order valence-corrected chi connectivity index (χ1v) is 5.24. The SMILES string of the molecule is CCC(CO)(CO)Cc1nccs1. The monoisotopic (exact) mass is 201 g/mol. The number of hydrogen-bond donors (Lipinski definition) is 2. The van der Waals surface area contributed by atoms with Gasteiger partial charge in [0.25, 0.3) is 0 Å². The molecule has 13 heavy (non-hydrogen) atoms. The lowest BCUT2D eigenvalue weighted by atomic mass is 9.84. The van der Waals surface area contributed by atoms with Crippen molar-refractivity contribution < 1.29 is 10.2 Å². The maximum atomic E-state index is 9.19. The predicted molar refractivity (Wildman–Crippen MR) is 52.7 cm³/mol. The Bertz CT molecular complexity index is 224. The average Bonchev–Trinajstić information content (AvgIpc) is 2.67. The molecule has 1 heterocycles. The van der Waals surface area contributed by atoms with Gasteiger partial charge < -0.3 is 10.2 Å². The van der Waals surface area contributed by atoms with Crippen LogP contribution in [0.3, 0.4) is 0 Å². The molecule has 1 aromatic rings. The lowest BCUT2D eigenvalue weighted by Gasteiger charge is -2.26. The molecular formula is C9H15NO2S. The van der Waals surface area contributed by atoms with E-state index >= 15 is 0 Å². The summed E-state index contributed by atoms with van der Waals surface area (Å²) in [6, 6.07) is 0. The Morgan fingerprint density at radius 1 is 1.46 bits per heavy atom. The maximum Gasteiger partial charge on any atom is 0.0932 e. The second-order valence-corrected chi connectivity index (χ2v) is 4.25. The fourth-order valence-corrected chi connectivity index (χ4v) is 1.96. The van der Waals surface area contributed by atoms with Crippen LogP contribution in [-0.2, 0) is 6.42 Å². The third kappa shape index (κ3) is 2.49. The first-order valence-electron chi connectivity index (χ1n) is 4.36. The van der Waals surface area contributed by atoms with Crippen LogP contribution in [0.15, 0.2) is 11.6 Å². The molecule has 0 aliphatic carbocycles. The van der Waals surface area contributed by atoms with Crippen LogP contribution in [0, 0.1) is 5.41 Å². The van der Waals surface area contributed by atoms with E-state index in [1.54, 1.807) is 17.5 Å². The van der Waals surface area contributed by atoms with E-state index in [0.717, 1.165) is 11.4 Å². The van der Waals surface area contributed by atoms with E-state index < -0.39 is 5.41 Å². The third-order valence-electron chi connectivity index (χ3n) is 2.43. The number of aliphatic hydroxyl groups excluding tert-OH is 2. The Hall–Kier alpha value is -0.450. The Morgan fingerprint density at radius 2 is 2.15 bits per heavy atom. The normalized spacial score (nSPS) is 11.9. The highest BCUT2D eigenvalue weighted by atomic mass is 32.1. The van der Waals surface area contributed by atoms with Crippen LogP contribution in [0.2, 0.25) is 0 Å². The summed E-state index contributed by atoms with van der Waals surface area (Å²) >= 11 is 1.56. The fraction of sp³-hybridized carbons (Fsp3) is 0.667. The van der Waals surface area contributed by atoms with Gasteiger partial charge in [0.1, 0.15) is 0 Å². The number of hydrogen-bond acceptors (Lipinski definition) is 4. The van der Waals surface area contributed by atoms with E-state index in [1.807, 2.05) is 12.3 Å². The van der Waals surface area contributed by atoms with Gasteiger partial charge in [-0.25, -0.2) is 4.98 Å². The van der Waals surface area contributed by atoms with Gasteiger partial charge in [-0.1, -0.05) is 6.92 Å². The molecule has 0 saturated carbocycles. The summed E-state index contributed by atoms with van der Waals surface area (Å²) in [5.74, 6) is 0. The fourth-order valence-electron chi connectivity index (χ4n) is 1.17. The minimum Gasteiger partial charge on any atom is -0.396 e. The molecule has 0 spiro atoms. The summed E-state index contributed by atoms with van der Waals surface area (Å²) in [7, 11) is 0. The molecule has 1 rings (SSSR count). The zero-order valence-corrected chi connectivity index (χ0v) is 8.55. The number of rotatable bonds is 5. The highest BCUT2D eigenvalue weighted by Crippen LogP contribution is 2.26. The van der Waals surface area contributed by atoms with Crippen molar-refractivity contribution in [3.8, 4) is 0 Å². The van der Waals surface area contributed by atoms with Crippen LogP contribution in [-0.4, -0.2) is 28.4 Å². The van der Waals surface area contributed by atoms with Crippen molar-refractivity contribution in [3.63, 3.8) is 0 Å². The standard InChI is InChI=1S/C9H15NO2S/c1-2-9(6-11,7-12)5-8-10-3-4-13-8/h3-4,11-12H,2,5-7H2,1H3. The molecule has 0 atom stereocenters. The topological polar surface area (TPSA) is 53.4 Å². The van der Waals surface area contributed by atoms with Crippen molar-refractivity contribution in [2.24, 2.45) is 5.41 Å². The smallest absolute Gasteiger partial charge is 0.0932 e. The highest BCUT2D eigenvalue weighted by Gasteiger charge is 2.27. The lowest BCUT2D eigenvalue weighted by Crippen LogP contribution is -2.31. The van der Waals surface area contributed by atoms with E-state index in [2.05, 4.69) is 4.98 Å². The molecule has 0 aromatic carbocycles. The molecule has 74 valence electrons. The van der Waals surface area contributed by atoms with Crippen LogP contribution in [0.1, 0.15) is 18.4 Å². The predicted octanol–water partition coefficient (Wildman–Crippen LogP) is 1.07. The number of thiazole rings is 1. The van der Waals surface area contributed by atoms with Gasteiger partial charge in [-0.15, -0.1) is 11.3 Å². The molecule has 0 radical (unpaired) electrons. The van der Waals surface area contributed by atoms with Crippen molar-refractivity contribution in [2.75, 3.05) is 13.2 Å². The van der Waals surface area contributed by atoms with Crippen molar-refractivity contribution >= 4 is 11.3 Å². The number of aliphatic hydroxyl groups is 2. The van der Waals surface area contributed by atoms with Gasteiger partial charge in [0.2, 0.25) is 0 Å². The Balaban J connectivity index is 2.67. The Labute approximate surface area is 82.1 Å². The van der Waals surface area contributed by atoms with Gasteiger partial charge in [-0.05, 0) is 6.42 Å². The van der Waals surface area contributed by atoms with Crippen LogP contribution < -0.4 is 0 Å². The third-order valence-corrected chi connectivity index (χ3v) is 3.21. The zero-order chi connectivity index (χ0) is 9.73. The molecule has 2 N–H and O–H groups in total. The summed E-state index contributed by atoms with van der Waals surface area (Å²) < 4.78 is 0. The van der Waals surface area contributed by atoms with E-state index in [0.29, 0.717) is 6.42 Å². The van der Waals surface area contributed by atoms with Crippen LogP contribution in [0.25, 0.3) is 0 Å². The quantitative estimate of drug-likeness (QED) is 0.749. The number of aromatic nitrogens is 1. The van der Waals surface area contributed by atoms with Gasteiger partial charge in [0.15, 0.2) is 0 Å². The van der Waals surface area contributed by atoms with Gasteiger partial charge in [-0.2, -0.15) is 0 Å². The lowest BCUT2D eigenvalue weighted by molar-refractivity contribution is 0.0513. The van der Waals surface area contributed by atoms with E-state index in [9.17, 15) is 10.2 Å². The minimum absolute atomic E-state index is 0.0135. The molecule has 4 heteroatoms. The summed E-state index contributed by atoms with van der Waals surface area (Å²) in [5, 5.41) is 21.3. The van der Waals surface area contributed by atoms with Crippen LogP contribution >= 0.6 is 11.3 Å². The molecule has 0 aliphatic heterocycles. The molecule has 3 nitrogen and oxygen atoms in total. The second kappa shape index (κ2) is 4.69. The molecular weight excluding hydrogens is 186 g/mol. The largest absolute Gasteiger partial charge is 0.396 e. The number of nitrogens with zero attached hydrogens (tertiary/aromatic N) is 1. The maximum absolute atomic E-state index is 9.19. The summed E-state index contributed by atoms with van der Waals surface area (Å²) in [5.41, 5.74) is -0.391. The van der Waals surface area contributed by atoms with Gasteiger partial charge in [0, 0.05) is 23.4 Å². The summed E-state index contributed by atoms with van der Waals surface area (Å²) in [4.78, 5) is 4.14. The van der Waals surface area contributed by atoms with E-state index in [-0.39, 0.29) is 13.2 Å². The molecule has 0 fully saturated rings. The highest BCUT2D eigenvalue weighted by molar-refractivity contribution is 7.09. The van der Waals surface area contributed by atoms with Gasteiger partial charge >= 0.3 is 0 Å². The summed E-state index contributed by atoms with van der Waals surface area (Å²) in [6.07, 6.45) is 3.17. The van der Waals surface area contributed by atoms with Gasteiger partial charge in [0.05, 0.1) is 18.2 Å². The van der Waals surface area contributed by atoms with Crippen molar-refractivity contribution in [2.45, 2.75) is 19.8 Å². The Kier molecular flexibility index (Phi) is 3.84. The molecule has 0 amide bonds. The molecule has 0 saturated heterocycles. The van der Waals surface area contributed by atoms with E-state index in [1.165, 1.54) is 0 Å². The molecule has 0 unspecified atom stereocenters. The molecule has 0 aliphatic rings. The molecule has 0 bridgehead atoms. The molecule has 1 aromatic heterocycles. The van der Waals surface area contributed by atoms with Crippen molar-refractivity contribution in [3.05, 3.63) is 16.6 Å². The van der Waals surface area contributed by atoms with Gasteiger partial charge in [-0.3, -0.25) is 0 Å². The van der Waals surface area contributed by atoms with Crippen LogP contribution in [0.4, 0.5) is 0 Å². The first kappa shape index (κ1) is 10.6.